The van der Waals surface area contributed by atoms with Crippen molar-refractivity contribution in [3.05, 3.63) is 82.0 Å². The molecule has 7 nitrogen and oxygen atoms in total. The molecule has 0 radical (unpaired) electrons. The highest BCUT2D eigenvalue weighted by Gasteiger charge is 2.29. The van der Waals surface area contributed by atoms with E-state index in [9.17, 15) is 9.18 Å². The molecule has 0 fully saturated rings. The molecule has 0 spiro atoms. The Morgan fingerprint density at radius 3 is 2.88 bits per heavy atom. The van der Waals surface area contributed by atoms with Crippen LogP contribution in [-0.4, -0.2) is 29.6 Å². The number of nitrogens with one attached hydrogen (secondary N) is 1. The Kier molecular flexibility index (Phi) is 6.00. The van der Waals surface area contributed by atoms with Gasteiger partial charge in [0.2, 0.25) is 0 Å². The average molecular weight is 448 g/mol. The van der Waals surface area contributed by atoms with Crippen LogP contribution in [0, 0.1) is 5.82 Å². The first-order valence-electron chi connectivity index (χ1n) is 10.7. The van der Waals surface area contributed by atoms with E-state index in [2.05, 4.69) is 15.3 Å². The number of nitrogen functional groups attached to an aromatic ring is 1. The van der Waals surface area contributed by atoms with Crippen molar-refractivity contribution >= 4 is 23.0 Å². The fraction of sp³-hybridized carbons (Fsp3) is 0.240. The van der Waals surface area contributed by atoms with Crippen LogP contribution >= 0.6 is 0 Å². The van der Waals surface area contributed by atoms with Crippen LogP contribution in [0.1, 0.15) is 43.6 Å². The lowest BCUT2D eigenvalue weighted by Gasteiger charge is -2.25. The molecule has 0 saturated heterocycles. The first-order valence-corrected chi connectivity index (χ1v) is 10.7. The van der Waals surface area contributed by atoms with Crippen LogP contribution in [0.3, 0.4) is 0 Å². The van der Waals surface area contributed by atoms with Gasteiger partial charge >= 0.3 is 0 Å². The quantitative estimate of drug-likeness (QED) is 0.577. The van der Waals surface area contributed by atoms with Crippen LogP contribution in [-0.2, 0) is 4.79 Å². The largest absolute Gasteiger partial charge is 0.482 e. The number of carbonyl (C=O) groups excluding carboxylic acids is 1. The molecular weight excluding hydrogens is 421 g/mol. The number of aliphatic imine (C=N–C) groups is 1. The number of anilines is 1. The van der Waals surface area contributed by atoms with Gasteiger partial charge in [0, 0.05) is 47.2 Å². The molecule has 0 saturated carbocycles. The molecule has 0 aliphatic carbocycles. The van der Waals surface area contributed by atoms with Crippen molar-refractivity contribution in [3.63, 3.8) is 0 Å². The van der Waals surface area contributed by atoms with E-state index in [1.807, 2.05) is 13.0 Å². The number of hydrogen-bond acceptors (Lipinski definition) is 7. The maximum atomic E-state index is 14.3. The number of nitrogens with zero attached hydrogens (tertiary/aromatic N) is 2. The number of hydrogen-bond donors (Lipinski definition) is 3. The van der Waals surface area contributed by atoms with Crippen LogP contribution in [0.2, 0.25) is 0 Å². The van der Waals surface area contributed by atoms with Gasteiger partial charge in [0.05, 0.1) is 17.0 Å². The standard InChI is InChI=1S/C25H26FN5O2/c1-4-29-22-15-10-20(25(28)31-12-15)33-14(3)19-11-16(26)7-8-17(19)23-18(6-5-9-30-23)24(32)21(22)13(2)27/h5-8,10-12,14,30H,4,9,27H2,1-3H3,(H2,28,31)/b21-13+,29-22?/t14-/m1/s1. The molecule has 8 heteroatoms. The number of rotatable bonds is 1. The van der Waals surface area contributed by atoms with Crippen molar-refractivity contribution in [3.8, 4) is 5.75 Å². The smallest absolute Gasteiger partial charge is 0.199 e. The summed E-state index contributed by atoms with van der Waals surface area (Å²) in [6.07, 6.45) is 4.58. The zero-order valence-electron chi connectivity index (χ0n) is 18.8. The molecule has 4 rings (SSSR count). The van der Waals surface area contributed by atoms with Crippen molar-refractivity contribution in [1.29, 1.82) is 0 Å². The van der Waals surface area contributed by atoms with Crippen molar-refractivity contribution in [2.45, 2.75) is 26.9 Å². The lowest BCUT2D eigenvalue weighted by molar-refractivity contribution is -0.111. The molecule has 3 heterocycles. The number of fused-ring (bicyclic) bond motifs is 4. The van der Waals surface area contributed by atoms with E-state index in [0.29, 0.717) is 58.2 Å². The number of nitrogens with two attached hydrogens (primary N) is 2. The van der Waals surface area contributed by atoms with Crippen molar-refractivity contribution < 1.29 is 13.9 Å². The molecule has 170 valence electrons. The summed E-state index contributed by atoms with van der Waals surface area (Å²) in [5.41, 5.74) is 16.1. The van der Waals surface area contributed by atoms with Gasteiger partial charge < -0.3 is 21.5 Å². The van der Waals surface area contributed by atoms with Gasteiger partial charge in [-0.1, -0.05) is 12.2 Å². The van der Waals surface area contributed by atoms with Gasteiger partial charge in [0.1, 0.15) is 11.9 Å². The highest BCUT2D eigenvalue weighted by molar-refractivity contribution is 6.35. The minimum Gasteiger partial charge on any atom is -0.482 e. The van der Waals surface area contributed by atoms with E-state index in [0.717, 1.165) is 0 Å². The molecule has 33 heavy (non-hydrogen) atoms. The molecule has 1 atom stereocenters. The second kappa shape index (κ2) is 8.90. The fourth-order valence-electron chi connectivity index (χ4n) is 4.06. The second-order valence-electron chi connectivity index (χ2n) is 7.88. The third-order valence-corrected chi connectivity index (χ3v) is 5.55. The number of halogens is 1. The average Bonchev–Trinajstić information content (AvgIpc) is 2.79. The van der Waals surface area contributed by atoms with Crippen LogP contribution in [0.25, 0.3) is 5.70 Å². The monoisotopic (exact) mass is 447 g/mol. The molecule has 1 aromatic carbocycles. The third kappa shape index (κ3) is 4.11. The van der Waals surface area contributed by atoms with Crippen LogP contribution < -0.4 is 21.5 Å². The lowest BCUT2D eigenvalue weighted by Crippen LogP contribution is -2.27. The van der Waals surface area contributed by atoms with Crippen molar-refractivity contribution in [2.24, 2.45) is 10.7 Å². The Labute approximate surface area is 191 Å². The third-order valence-electron chi connectivity index (χ3n) is 5.55. The van der Waals surface area contributed by atoms with Gasteiger partial charge in [-0.2, -0.15) is 0 Å². The van der Waals surface area contributed by atoms with E-state index in [-0.39, 0.29) is 17.2 Å². The van der Waals surface area contributed by atoms with Crippen LogP contribution in [0.4, 0.5) is 10.2 Å². The van der Waals surface area contributed by atoms with E-state index < -0.39 is 11.9 Å². The Hall–Kier alpha value is -3.94. The summed E-state index contributed by atoms with van der Waals surface area (Å²) >= 11 is 0. The van der Waals surface area contributed by atoms with Crippen LogP contribution in [0.15, 0.2) is 64.5 Å². The van der Waals surface area contributed by atoms with E-state index >= 15 is 0 Å². The number of ether oxygens (including phenoxy) is 1. The molecule has 2 aliphatic rings. The first kappa shape index (κ1) is 22.3. The van der Waals surface area contributed by atoms with Crippen molar-refractivity contribution in [2.75, 3.05) is 18.8 Å². The SMILES string of the molecule is CCN=C1/C(=C(/C)N)C(=O)C2=C(NCC=C2)c2ccc(F)cc2[C@@H](C)Oc2cc1cnc2N. The van der Waals surface area contributed by atoms with Crippen molar-refractivity contribution in [1.82, 2.24) is 10.3 Å². The summed E-state index contributed by atoms with van der Waals surface area (Å²) < 4.78 is 20.4. The fourth-order valence-corrected chi connectivity index (χ4v) is 4.06. The second-order valence-corrected chi connectivity index (χ2v) is 7.88. The van der Waals surface area contributed by atoms with E-state index in [1.54, 1.807) is 38.3 Å². The van der Waals surface area contributed by atoms with Gasteiger partial charge in [-0.15, -0.1) is 0 Å². The summed E-state index contributed by atoms with van der Waals surface area (Å²) in [5, 5.41) is 3.28. The molecule has 1 aromatic heterocycles. The van der Waals surface area contributed by atoms with E-state index in [4.69, 9.17) is 16.2 Å². The van der Waals surface area contributed by atoms with Gasteiger partial charge in [0.25, 0.3) is 0 Å². The van der Waals surface area contributed by atoms with Gasteiger partial charge in [0.15, 0.2) is 17.4 Å². The van der Waals surface area contributed by atoms with Crippen LogP contribution in [0.5, 0.6) is 5.75 Å². The summed E-state index contributed by atoms with van der Waals surface area (Å²) in [6.45, 7) is 6.28. The number of allylic oxidation sites excluding steroid dienone is 4. The number of pyridine rings is 1. The lowest BCUT2D eigenvalue weighted by atomic mass is 9.88. The minimum absolute atomic E-state index is 0.177. The maximum absolute atomic E-state index is 14.3. The topological polar surface area (TPSA) is 116 Å². The van der Waals surface area contributed by atoms with E-state index in [1.165, 1.54) is 12.1 Å². The Morgan fingerprint density at radius 2 is 2.15 bits per heavy atom. The highest BCUT2D eigenvalue weighted by Crippen LogP contribution is 2.35. The predicted molar refractivity (Wildman–Crippen MR) is 127 cm³/mol. The molecular formula is C25H26FN5O2. The number of ketones is 1. The summed E-state index contributed by atoms with van der Waals surface area (Å²) in [7, 11) is 0. The summed E-state index contributed by atoms with van der Waals surface area (Å²) in [5.74, 6) is -0.210. The minimum atomic E-state index is -0.580. The number of benzene rings is 1. The Balaban J connectivity index is 2.09. The zero-order chi connectivity index (χ0) is 23.7. The van der Waals surface area contributed by atoms with Gasteiger partial charge in [-0.05, 0) is 45.0 Å². The maximum Gasteiger partial charge on any atom is 0.199 e. The Bertz CT molecular complexity index is 1260. The molecule has 2 aliphatic heterocycles. The predicted octanol–water partition coefficient (Wildman–Crippen LogP) is 3.44. The molecule has 0 amide bonds. The number of dihydropyridines is 1. The van der Waals surface area contributed by atoms with Gasteiger partial charge in [-0.25, -0.2) is 9.37 Å². The summed E-state index contributed by atoms with van der Waals surface area (Å²) in [6, 6.07) is 6.10. The summed E-state index contributed by atoms with van der Waals surface area (Å²) in [4.78, 5) is 22.8. The molecule has 2 aromatic rings. The molecule has 5 N–H and O–H groups in total. The highest BCUT2D eigenvalue weighted by atomic mass is 19.1. The normalized spacial score (nSPS) is 20.8. The molecule has 0 unspecified atom stereocenters. The molecule has 2 bridgehead atoms. The number of carbonyl (C=O) groups is 1. The van der Waals surface area contributed by atoms with Gasteiger partial charge in [-0.3, -0.25) is 9.79 Å². The number of aromatic nitrogens is 1. The zero-order valence-corrected chi connectivity index (χ0v) is 18.8. The first-order chi connectivity index (χ1) is 15.8. The Morgan fingerprint density at radius 1 is 1.36 bits per heavy atom. The number of Topliss-reactive ketones (excluding diaryl/α,β-unsaturated/α-hetero) is 1.